The number of anilines is 1. The number of hydrogen-bond acceptors (Lipinski definition) is 6. The van der Waals surface area contributed by atoms with E-state index in [1.54, 1.807) is 13.8 Å². The summed E-state index contributed by atoms with van der Waals surface area (Å²) in [6, 6.07) is 25.1. The number of benzene rings is 3. The lowest BCUT2D eigenvalue weighted by atomic mass is 10.2. The molecule has 3 aromatic carbocycles. The summed E-state index contributed by atoms with van der Waals surface area (Å²) in [5.74, 6) is 0.312. The maximum atomic E-state index is 11.8. The van der Waals surface area contributed by atoms with Crippen LogP contribution in [-0.4, -0.2) is 25.2 Å². The first-order valence-corrected chi connectivity index (χ1v) is 11.6. The molecule has 0 heterocycles. The zero-order valence-electron chi connectivity index (χ0n) is 19.4. The van der Waals surface area contributed by atoms with Crippen LogP contribution in [0.25, 0.3) is 0 Å². The Labute approximate surface area is 208 Å². The third-order valence-corrected chi connectivity index (χ3v) is 5.12. The number of esters is 2. The van der Waals surface area contributed by atoms with Gasteiger partial charge in [0.05, 0.1) is 13.2 Å². The minimum atomic E-state index is -0.713. The molecule has 0 unspecified atom stereocenters. The molecule has 0 saturated heterocycles. The van der Waals surface area contributed by atoms with E-state index in [4.69, 9.17) is 14.2 Å². The summed E-state index contributed by atoms with van der Waals surface area (Å²) in [5, 5.41) is 2.90. The summed E-state index contributed by atoms with van der Waals surface area (Å²) >= 11 is 3.42. The van der Waals surface area contributed by atoms with E-state index >= 15 is 0 Å². The molecule has 0 aliphatic rings. The van der Waals surface area contributed by atoms with Crippen molar-refractivity contribution in [2.24, 2.45) is 0 Å². The van der Waals surface area contributed by atoms with E-state index in [1.807, 2.05) is 85.8 Å². The number of aryl methyl sites for hydroxylation is 1. The highest BCUT2D eigenvalue weighted by Gasteiger charge is 2.20. The lowest BCUT2D eigenvalue weighted by Gasteiger charge is -2.08. The number of para-hydroxylation sites is 2. The number of carbonyl (C=O) groups is 2. The highest BCUT2D eigenvalue weighted by Crippen LogP contribution is 2.21. The molecule has 0 saturated carbocycles. The van der Waals surface area contributed by atoms with Crippen molar-refractivity contribution < 1.29 is 23.8 Å². The summed E-state index contributed by atoms with van der Waals surface area (Å²) in [6.45, 7) is 5.68. The first-order valence-electron chi connectivity index (χ1n) is 10.8. The van der Waals surface area contributed by atoms with Gasteiger partial charge in [-0.05, 0) is 62.7 Å². The second-order valence-electron chi connectivity index (χ2n) is 6.84. The molecule has 34 heavy (non-hydrogen) atoms. The van der Waals surface area contributed by atoms with Crippen molar-refractivity contribution in [2.75, 3.05) is 18.5 Å². The van der Waals surface area contributed by atoms with Crippen LogP contribution in [0.15, 0.2) is 95.1 Å². The van der Waals surface area contributed by atoms with Crippen LogP contribution >= 0.6 is 15.9 Å². The van der Waals surface area contributed by atoms with Gasteiger partial charge in [-0.3, -0.25) is 0 Å². The van der Waals surface area contributed by atoms with Gasteiger partial charge in [0, 0.05) is 16.4 Å². The van der Waals surface area contributed by atoms with Gasteiger partial charge >= 0.3 is 11.9 Å². The summed E-state index contributed by atoms with van der Waals surface area (Å²) in [6.07, 6.45) is 1.30. The Balaban J connectivity index is 0.000000266. The van der Waals surface area contributed by atoms with Crippen LogP contribution in [0.4, 0.5) is 5.69 Å². The molecular weight excluding hydrogens is 498 g/mol. The molecule has 0 aromatic heterocycles. The standard InChI is InChI=1S/C15H18BrNO4.C12H10O/c1-4-20-14(18)12(15(19)21-5-2)9-17-11-7-6-10(3)13(16)8-11;1-3-7-11(8-4-1)13-12-9-5-2-6-10-12/h6-9,17H,4-5H2,1-3H3;1-10H. The van der Waals surface area contributed by atoms with Gasteiger partial charge in [0.1, 0.15) is 11.5 Å². The highest BCUT2D eigenvalue weighted by molar-refractivity contribution is 9.10. The van der Waals surface area contributed by atoms with Crippen molar-refractivity contribution in [1.82, 2.24) is 0 Å². The van der Waals surface area contributed by atoms with E-state index in [9.17, 15) is 9.59 Å². The first kappa shape index (κ1) is 26.7. The van der Waals surface area contributed by atoms with E-state index in [0.717, 1.165) is 27.2 Å². The summed E-state index contributed by atoms with van der Waals surface area (Å²) in [4.78, 5) is 23.5. The average Bonchev–Trinajstić information content (AvgIpc) is 2.83. The van der Waals surface area contributed by atoms with Crippen molar-refractivity contribution in [3.05, 3.63) is 101 Å². The summed E-state index contributed by atoms with van der Waals surface area (Å²) < 4.78 is 16.2. The first-order chi connectivity index (χ1) is 16.4. The molecule has 0 aliphatic heterocycles. The van der Waals surface area contributed by atoms with Crippen molar-refractivity contribution in [3.8, 4) is 11.5 Å². The Hall–Kier alpha value is -3.58. The molecule has 0 radical (unpaired) electrons. The number of ether oxygens (including phenoxy) is 3. The minimum absolute atomic E-state index is 0.171. The van der Waals surface area contributed by atoms with Crippen LogP contribution in [0.1, 0.15) is 19.4 Å². The molecule has 0 bridgehead atoms. The summed E-state index contributed by atoms with van der Waals surface area (Å²) in [7, 11) is 0. The number of nitrogens with one attached hydrogen (secondary N) is 1. The molecule has 0 amide bonds. The van der Waals surface area contributed by atoms with E-state index in [1.165, 1.54) is 6.20 Å². The van der Waals surface area contributed by atoms with Crippen molar-refractivity contribution in [2.45, 2.75) is 20.8 Å². The Bertz CT molecular complexity index is 1030. The van der Waals surface area contributed by atoms with Crippen LogP contribution in [0.2, 0.25) is 0 Å². The lowest BCUT2D eigenvalue weighted by Crippen LogP contribution is -2.19. The topological polar surface area (TPSA) is 73.9 Å². The Morgan fingerprint density at radius 3 is 1.76 bits per heavy atom. The zero-order chi connectivity index (χ0) is 24.8. The molecule has 7 heteroatoms. The minimum Gasteiger partial charge on any atom is -0.462 e. The molecule has 1 N–H and O–H groups in total. The average molecular weight is 526 g/mol. The van der Waals surface area contributed by atoms with Crippen molar-refractivity contribution >= 4 is 33.6 Å². The van der Waals surface area contributed by atoms with Gasteiger partial charge < -0.3 is 19.5 Å². The molecule has 6 nitrogen and oxygen atoms in total. The molecular formula is C27H28BrNO5. The lowest BCUT2D eigenvalue weighted by molar-refractivity contribution is -0.146. The van der Waals surface area contributed by atoms with Gasteiger partial charge in [-0.25, -0.2) is 9.59 Å². The van der Waals surface area contributed by atoms with Gasteiger partial charge in [0.2, 0.25) is 0 Å². The molecule has 178 valence electrons. The van der Waals surface area contributed by atoms with Crippen molar-refractivity contribution in [3.63, 3.8) is 0 Å². The fourth-order valence-electron chi connectivity index (χ4n) is 2.57. The van der Waals surface area contributed by atoms with Gasteiger partial charge in [-0.15, -0.1) is 0 Å². The van der Waals surface area contributed by atoms with Crippen LogP contribution in [-0.2, 0) is 19.1 Å². The predicted octanol–water partition coefficient (Wildman–Crippen LogP) is 6.66. The highest BCUT2D eigenvalue weighted by atomic mass is 79.9. The molecule has 0 fully saturated rings. The quantitative estimate of drug-likeness (QED) is 0.153. The zero-order valence-corrected chi connectivity index (χ0v) is 21.0. The fourth-order valence-corrected chi connectivity index (χ4v) is 2.95. The maximum absolute atomic E-state index is 11.8. The maximum Gasteiger partial charge on any atom is 0.347 e. The monoisotopic (exact) mass is 525 g/mol. The normalized spacial score (nSPS) is 9.65. The largest absolute Gasteiger partial charge is 0.462 e. The van der Waals surface area contributed by atoms with Gasteiger partial charge in [0.25, 0.3) is 0 Å². The van der Waals surface area contributed by atoms with Crippen molar-refractivity contribution in [1.29, 1.82) is 0 Å². The number of carbonyl (C=O) groups excluding carboxylic acids is 2. The van der Waals surface area contributed by atoms with Gasteiger partial charge in [0.15, 0.2) is 5.57 Å². The van der Waals surface area contributed by atoms with Crippen LogP contribution < -0.4 is 10.1 Å². The Morgan fingerprint density at radius 2 is 1.32 bits per heavy atom. The summed E-state index contributed by atoms with van der Waals surface area (Å²) in [5.41, 5.74) is 1.65. The molecule has 0 aliphatic carbocycles. The Kier molecular flexibility index (Phi) is 11.4. The van der Waals surface area contributed by atoms with Gasteiger partial charge in [-0.2, -0.15) is 0 Å². The van der Waals surface area contributed by atoms with Crippen LogP contribution in [0.5, 0.6) is 11.5 Å². The smallest absolute Gasteiger partial charge is 0.347 e. The Morgan fingerprint density at radius 1 is 0.824 bits per heavy atom. The van der Waals surface area contributed by atoms with Crippen LogP contribution in [0, 0.1) is 6.92 Å². The van der Waals surface area contributed by atoms with Crippen LogP contribution in [0.3, 0.4) is 0 Å². The SMILES string of the molecule is CCOC(=O)C(=CNc1ccc(C)c(Br)c1)C(=O)OCC.c1ccc(Oc2ccccc2)cc1. The molecule has 3 aromatic rings. The second-order valence-corrected chi connectivity index (χ2v) is 7.69. The third-order valence-electron chi connectivity index (χ3n) is 4.27. The number of rotatable bonds is 8. The van der Waals surface area contributed by atoms with E-state index in [-0.39, 0.29) is 18.8 Å². The molecule has 0 atom stereocenters. The van der Waals surface area contributed by atoms with E-state index < -0.39 is 11.9 Å². The fraction of sp³-hybridized carbons (Fsp3) is 0.185. The van der Waals surface area contributed by atoms with E-state index in [0.29, 0.717) is 0 Å². The van der Waals surface area contributed by atoms with E-state index in [2.05, 4.69) is 21.2 Å². The second kappa shape index (κ2) is 14.5. The van der Waals surface area contributed by atoms with Gasteiger partial charge in [-0.1, -0.05) is 58.4 Å². The number of hydrogen-bond donors (Lipinski definition) is 1. The molecule has 3 rings (SSSR count). The molecule has 0 spiro atoms. The predicted molar refractivity (Wildman–Crippen MR) is 137 cm³/mol. The number of halogens is 1. The third kappa shape index (κ3) is 9.11.